The van der Waals surface area contributed by atoms with Crippen LogP contribution in [-0.4, -0.2) is 24.4 Å². The summed E-state index contributed by atoms with van der Waals surface area (Å²) in [5, 5.41) is 3.60. The van der Waals surface area contributed by atoms with Crippen molar-refractivity contribution in [3.63, 3.8) is 0 Å². The van der Waals surface area contributed by atoms with Gasteiger partial charge in [-0.15, -0.1) is 0 Å². The van der Waals surface area contributed by atoms with E-state index >= 15 is 0 Å². The molecule has 0 bridgehead atoms. The smallest absolute Gasteiger partial charge is 0.258 e. The standard InChI is InChI=1S/C23H27ClN2O2/c1-4-5-12-25-22(27)14-19-16(3)26(21-11-6-15(2)13-20(19)21)23(28)17-7-9-18(24)10-8-17/h6-11,13,16,19H,4-5,12,14H2,1-3H3,(H,25,27). The number of nitrogens with one attached hydrogen (secondary N) is 1. The maximum atomic E-state index is 13.2. The van der Waals surface area contributed by atoms with Gasteiger partial charge in [0.15, 0.2) is 0 Å². The van der Waals surface area contributed by atoms with Crippen LogP contribution in [0, 0.1) is 6.92 Å². The minimum atomic E-state index is -0.100. The van der Waals surface area contributed by atoms with Crippen molar-refractivity contribution in [2.45, 2.75) is 52.0 Å². The van der Waals surface area contributed by atoms with Crippen LogP contribution in [0.5, 0.6) is 0 Å². The van der Waals surface area contributed by atoms with Crippen LogP contribution in [-0.2, 0) is 4.79 Å². The first-order chi connectivity index (χ1) is 13.4. The molecule has 2 atom stereocenters. The molecule has 0 fully saturated rings. The van der Waals surface area contributed by atoms with Gasteiger partial charge in [0.05, 0.1) is 0 Å². The fraction of sp³-hybridized carbons (Fsp3) is 0.391. The van der Waals surface area contributed by atoms with Gasteiger partial charge >= 0.3 is 0 Å². The number of rotatable bonds is 6. The van der Waals surface area contributed by atoms with Gasteiger partial charge in [-0.25, -0.2) is 0 Å². The molecule has 3 rings (SSSR count). The molecule has 0 saturated heterocycles. The number of aryl methyl sites for hydroxylation is 1. The third kappa shape index (κ3) is 4.22. The molecule has 28 heavy (non-hydrogen) atoms. The predicted octanol–water partition coefficient (Wildman–Crippen LogP) is 5.09. The molecule has 2 aromatic carbocycles. The topological polar surface area (TPSA) is 49.4 Å². The largest absolute Gasteiger partial charge is 0.356 e. The van der Waals surface area contributed by atoms with Crippen LogP contribution >= 0.6 is 11.6 Å². The Kier molecular flexibility index (Phi) is 6.40. The lowest BCUT2D eigenvalue weighted by Gasteiger charge is -2.25. The van der Waals surface area contributed by atoms with E-state index in [-0.39, 0.29) is 23.8 Å². The summed E-state index contributed by atoms with van der Waals surface area (Å²) in [6, 6.07) is 12.9. The Morgan fingerprint density at radius 1 is 1.14 bits per heavy atom. The highest BCUT2D eigenvalue weighted by Crippen LogP contribution is 2.43. The summed E-state index contributed by atoms with van der Waals surface area (Å²) in [6.07, 6.45) is 2.40. The molecule has 1 heterocycles. The van der Waals surface area contributed by atoms with Gasteiger partial charge in [0.2, 0.25) is 5.91 Å². The maximum Gasteiger partial charge on any atom is 0.258 e. The average Bonchev–Trinajstić information content (AvgIpc) is 2.93. The molecule has 1 aliphatic heterocycles. The molecule has 1 N–H and O–H groups in total. The van der Waals surface area contributed by atoms with Crippen LogP contribution in [0.2, 0.25) is 5.02 Å². The zero-order valence-electron chi connectivity index (χ0n) is 16.7. The first-order valence-corrected chi connectivity index (χ1v) is 10.3. The Morgan fingerprint density at radius 3 is 2.54 bits per heavy atom. The molecule has 0 aromatic heterocycles. The number of unbranched alkanes of at least 4 members (excludes halogenated alkanes) is 1. The second kappa shape index (κ2) is 8.78. The Balaban J connectivity index is 1.88. The molecule has 0 saturated carbocycles. The van der Waals surface area contributed by atoms with Crippen molar-refractivity contribution in [2.75, 3.05) is 11.4 Å². The maximum absolute atomic E-state index is 13.2. The number of carbonyl (C=O) groups excluding carboxylic acids is 2. The summed E-state index contributed by atoms with van der Waals surface area (Å²) in [5.74, 6) is -0.0468. The van der Waals surface area contributed by atoms with Crippen molar-refractivity contribution in [1.82, 2.24) is 5.32 Å². The lowest BCUT2D eigenvalue weighted by Crippen LogP contribution is -2.38. The van der Waals surface area contributed by atoms with E-state index < -0.39 is 0 Å². The van der Waals surface area contributed by atoms with Crippen LogP contribution < -0.4 is 10.2 Å². The predicted molar refractivity (Wildman–Crippen MR) is 114 cm³/mol. The van der Waals surface area contributed by atoms with E-state index in [1.165, 1.54) is 0 Å². The Labute approximate surface area is 171 Å². The number of benzene rings is 2. The van der Waals surface area contributed by atoms with E-state index in [2.05, 4.69) is 18.3 Å². The fourth-order valence-corrected chi connectivity index (χ4v) is 3.96. The average molecular weight is 399 g/mol. The number of hydrogen-bond donors (Lipinski definition) is 1. The number of carbonyl (C=O) groups is 2. The van der Waals surface area contributed by atoms with Gasteiger partial charge in [0.1, 0.15) is 0 Å². The number of amides is 2. The van der Waals surface area contributed by atoms with E-state index in [4.69, 9.17) is 11.6 Å². The van der Waals surface area contributed by atoms with Crippen LogP contribution in [0.15, 0.2) is 42.5 Å². The third-order valence-corrected chi connectivity index (χ3v) is 5.65. The lowest BCUT2D eigenvalue weighted by molar-refractivity contribution is -0.121. The highest BCUT2D eigenvalue weighted by molar-refractivity contribution is 6.30. The molecule has 0 radical (unpaired) electrons. The molecule has 1 aliphatic rings. The minimum absolute atomic E-state index is 0.0206. The van der Waals surface area contributed by atoms with Crippen molar-refractivity contribution >= 4 is 29.1 Å². The number of nitrogens with zero attached hydrogens (tertiary/aromatic N) is 1. The van der Waals surface area contributed by atoms with Crippen molar-refractivity contribution in [1.29, 1.82) is 0 Å². The Hall–Kier alpha value is -2.33. The van der Waals surface area contributed by atoms with Crippen LogP contribution in [0.3, 0.4) is 0 Å². The quantitative estimate of drug-likeness (QED) is 0.689. The fourth-order valence-electron chi connectivity index (χ4n) is 3.83. The number of halogens is 1. The minimum Gasteiger partial charge on any atom is -0.356 e. The van der Waals surface area contributed by atoms with Crippen molar-refractivity contribution in [3.05, 3.63) is 64.2 Å². The SMILES string of the molecule is CCCCNC(=O)CC1c2cc(C)ccc2N(C(=O)c2ccc(Cl)cc2)C1C. The number of hydrogen-bond acceptors (Lipinski definition) is 2. The first-order valence-electron chi connectivity index (χ1n) is 9.88. The summed E-state index contributed by atoms with van der Waals surface area (Å²) in [6.45, 7) is 6.86. The first kappa shape index (κ1) is 20.4. The monoisotopic (exact) mass is 398 g/mol. The highest BCUT2D eigenvalue weighted by atomic mass is 35.5. The highest BCUT2D eigenvalue weighted by Gasteiger charge is 2.40. The van der Waals surface area contributed by atoms with Crippen molar-refractivity contribution in [3.8, 4) is 0 Å². The number of anilines is 1. The van der Waals surface area contributed by atoms with Gasteiger partial charge in [0, 0.05) is 41.2 Å². The van der Waals surface area contributed by atoms with Crippen molar-refractivity contribution in [2.24, 2.45) is 0 Å². The van der Waals surface area contributed by atoms with Gasteiger partial charge in [0.25, 0.3) is 5.91 Å². The molecule has 2 amide bonds. The lowest BCUT2D eigenvalue weighted by atomic mass is 9.91. The molecule has 5 heteroatoms. The van der Waals surface area contributed by atoms with Gasteiger partial charge in [-0.3, -0.25) is 9.59 Å². The Morgan fingerprint density at radius 2 is 1.86 bits per heavy atom. The summed E-state index contributed by atoms with van der Waals surface area (Å²) in [7, 11) is 0. The van der Waals surface area contributed by atoms with Gasteiger partial charge < -0.3 is 10.2 Å². The summed E-state index contributed by atoms with van der Waals surface area (Å²) >= 11 is 5.97. The zero-order chi connectivity index (χ0) is 20.3. The van der Waals surface area contributed by atoms with Crippen LogP contribution in [0.25, 0.3) is 0 Å². The van der Waals surface area contributed by atoms with E-state index in [0.717, 1.165) is 29.7 Å². The van der Waals surface area contributed by atoms with E-state index in [1.54, 1.807) is 24.3 Å². The summed E-state index contributed by atoms with van der Waals surface area (Å²) in [5.41, 5.74) is 3.68. The molecular formula is C23H27ClN2O2. The molecule has 4 nitrogen and oxygen atoms in total. The molecular weight excluding hydrogens is 372 g/mol. The molecule has 2 unspecified atom stereocenters. The molecule has 2 aromatic rings. The second-order valence-electron chi connectivity index (χ2n) is 7.50. The molecule has 0 spiro atoms. The van der Waals surface area contributed by atoms with Crippen LogP contribution in [0.1, 0.15) is 60.5 Å². The van der Waals surface area contributed by atoms with E-state index in [0.29, 0.717) is 23.6 Å². The molecule has 148 valence electrons. The van der Waals surface area contributed by atoms with Crippen LogP contribution in [0.4, 0.5) is 5.69 Å². The summed E-state index contributed by atoms with van der Waals surface area (Å²) in [4.78, 5) is 27.5. The van der Waals surface area contributed by atoms with Gasteiger partial charge in [-0.2, -0.15) is 0 Å². The molecule has 0 aliphatic carbocycles. The number of fused-ring (bicyclic) bond motifs is 1. The van der Waals surface area contributed by atoms with Gasteiger partial charge in [-0.1, -0.05) is 42.6 Å². The summed E-state index contributed by atoms with van der Waals surface area (Å²) < 4.78 is 0. The normalized spacial score (nSPS) is 18.1. The van der Waals surface area contributed by atoms with E-state index in [1.807, 2.05) is 30.9 Å². The Bertz CT molecular complexity index is 863. The van der Waals surface area contributed by atoms with E-state index in [9.17, 15) is 9.59 Å². The zero-order valence-corrected chi connectivity index (χ0v) is 17.4. The third-order valence-electron chi connectivity index (χ3n) is 5.40. The van der Waals surface area contributed by atoms with Crippen molar-refractivity contribution < 1.29 is 9.59 Å². The van der Waals surface area contributed by atoms with Gasteiger partial charge in [-0.05, 0) is 56.2 Å². The second-order valence-corrected chi connectivity index (χ2v) is 7.94.